The Labute approximate surface area is 112 Å². The molecule has 0 aliphatic heterocycles. The summed E-state index contributed by atoms with van der Waals surface area (Å²) in [6.07, 6.45) is 5.41. The van der Waals surface area contributed by atoms with Gasteiger partial charge in [-0.15, -0.1) is 11.8 Å². The van der Waals surface area contributed by atoms with Gasteiger partial charge in [-0.1, -0.05) is 12.2 Å². The number of aromatic nitrogens is 1. The van der Waals surface area contributed by atoms with Gasteiger partial charge in [-0.2, -0.15) is 5.26 Å². The molecule has 0 spiro atoms. The van der Waals surface area contributed by atoms with Gasteiger partial charge in [-0.05, 0) is 38.2 Å². The lowest BCUT2D eigenvalue weighted by Crippen LogP contribution is -2.04. The van der Waals surface area contributed by atoms with Gasteiger partial charge in [-0.25, -0.2) is 0 Å². The van der Waals surface area contributed by atoms with Crippen LogP contribution in [0.1, 0.15) is 41.8 Å². The third kappa shape index (κ3) is 2.72. The second-order valence-corrected chi connectivity index (χ2v) is 6.11. The number of aryl methyl sites for hydroxylation is 2. The third-order valence-electron chi connectivity index (χ3n) is 3.13. The van der Waals surface area contributed by atoms with Crippen LogP contribution in [0.5, 0.6) is 0 Å². The van der Waals surface area contributed by atoms with Crippen molar-refractivity contribution in [2.45, 2.75) is 39.0 Å². The Morgan fingerprint density at radius 2 is 2.24 bits per heavy atom. The molecule has 2 rings (SSSR count). The Hall–Kier alpha value is -0.790. The van der Waals surface area contributed by atoms with Crippen LogP contribution in [0.15, 0.2) is 0 Å². The average Bonchev–Trinajstić information content (AvgIpc) is 2.65. The number of nitrogens with zero attached hydrogens (tertiary/aromatic N) is 1. The molecule has 17 heavy (non-hydrogen) atoms. The zero-order chi connectivity index (χ0) is 12.3. The number of nitriles is 1. The minimum absolute atomic E-state index is 0.566. The third-order valence-corrected chi connectivity index (χ3v) is 4.57. The van der Waals surface area contributed by atoms with Gasteiger partial charge in [-0.3, -0.25) is 0 Å². The summed E-state index contributed by atoms with van der Waals surface area (Å²) < 4.78 is 0.956. The van der Waals surface area contributed by atoms with Crippen molar-refractivity contribution in [3.63, 3.8) is 0 Å². The van der Waals surface area contributed by atoms with E-state index in [1.165, 1.54) is 35.4 Å². The fraction of sp³-hybridized carbons (Fsp3) is 0.538. The Kier molecular flexibility index (Phi) is 4.25. The summed E-state index contributed by atoms with van der Waals surface area (Å²) in [4.78, 5) is 3.47. The summed E-state index contributed by atoms with van der Waals surface area (Å²) in [5, 5.41) is 8.54. The van der Waals surface area contributed by atoms with Crippen LogP contribution >= 0.6 is 24.0 Å². The maximum Gasteiger partial charge on any atom is 0.0799 e. The molecule has 0 atom stereocenters. The van der Waals surface area contributed by atoms with Crippen LogP contribution in [-0.4, -0.2) is 14.9 Å². The summed E-state index contributed by atoms with van der Waals surface area (Å²) >= 11 is 7.13. The van der Waals surface area contributed by atoms with E-state index in [2.05, 4.69) is 18.0 Å². The highest BCUT2D eigenvalue weighted by Gasteiger charge is 2.20. The first-order chi connectivity index (χ1) is 8.24. The number of hydrogen-bond acceptors (Lipinski definition) is 3. The predicted molar refractivity (Wildman–Crippen MR) is 76.6 cm³/mol. The summed E-state index contributed by atoms with van der Waals surface area (Å²) in [6, 6.07) is 2.16. The molecule has 4 heteroatoms. The quantitative estimate of drug-likeness (QED) is 0.670. The van der Waals surface area contributed by atoms with E-state index in [0.717, 1.165) is 22.8 Å². The highest BCUT2D eigenvalue weighted by atomic mass is 32.2. The maximum absolute atomic E-state index is 8.54. The molecule has 0 unspecified atom stereocenters. The van der Waals surface area contributed by atoms with Gasteiger partial charge in [0, 0.05) is 29.1 Å². The molecule has 0 saturated carbocycles. The summed E-state index contributed by atoms with van der Waals surface area (Å²) in [7, 11) is 0. The molecule has 0 saturated heterocycles. The van der Waals surface area contributed by atoms with E-state index in [0.29, 0.717) is 6.42 Å². The molecule has 1 aromatic rings. The normalized spacial score (nSPS) is 14.1. The molecule has 1 aromatic heterocycles. The number of thioether (sulfide) groups is 1. The lowest BCUT2D eigenvalue weighted by molar-refractivity contribution is 0.676. The fourth-order valence-electron chi connectivity index (χ4n) is 2.37. The Balaban J connectivity index is 2.17. The SMILES string of the molecule is Cc1[nH]c2c(c1C(=S)SCCC#N)CCCC2. The summed E-state index contributed by atoms with van der Waals surface area (Å²) in [6.45, 7) is 2.10. The molecule has 2 nitrogen and oxygen atoms in total. The molecular formula is C13H16N2S2. The predicted octanol–water partition coefficient (Wildman–Crippen LogP) is 3.52. The van der Waals surface area contributed by atoms with E-state index in [4.69, 9.17) is 17.5 Å². The van der Waals surface area contributed by atoms with Crippen molar-refractivity contribution in [2.24, 2.45) is 0 Å². The summed E-state index contributed by atoms with van der Waals surface area (Å²) in [5.74, 6) is 0.800. The molecule has 1 aliphatic rings. The number of aromatic amines is 1. The van der Waals surface area contributed by atoms with E-state index in [-0.39, 0.29) is 0 Å². The molecule has 0 bridgehead atoms. The van der Waals surface area contributed by atoms with Crippen LogP contribution in [0.4, 0.5) is 0 Å². The molecule has 1 heterocycles. The molecule has 0 aromatic carbocycles. The highest BCUT2D eigenvalue weighted by molar-refractivity contribution is 8.23. The largest absolute Gasteiger partial charge is 0.362 e. The van der Waals surface area contributed by atoms with Crippen molar-refractivity contribution < 1.29 is 0 Å². The topological polar surface area (TPSA) is 39.6 Å². The van der Waals surface area contributed by atoms with Crippen molar-refractivity contribution in [3.05, 3.63) is 22.5 Å². The Bertz CT molecular complexity index is 468. The van der Waals surface area contributed by atoms with Gasteiger partial charge in [0.15, 0.2) is 0 Å². The van der Waals surface area contributed by atoms with Crippen molar-refractivity contribution in [1.29, 1.82) is 5.26 Å². The van der Waals surface area contributed by atoms with Crippen molar-refractivity contribution in [3.8, 4) is 6.07 Å². The smallest absolute Gasteiger partial charge is 0.0799 e. The van der Waals surface area contributed by atoms with E-state index >= 15 is 0 Å². The van der Waals surface area contributed by atoms with E-state index < -0.39 is 0 Å². The van der Waals surface area contributed by atoms with Gasteiger partial charge in [0.25, 0.3) is 0 Å². The summed E-state index contributed by atoms with van der Waals surface area (Å²) in [5.41, 5.74) is 5.26. The molecule has 0 amide bonds. The van der Waals surface area contributed by atoms with E-state index in [9.17, 15) is 0 Å². The second kappa shape index (κ2) is 5.70. The van der Waals surface area contributed by atoms with E-state index in [1.54, 1.807) is 11.8 Å². The van der Waals surface area contributed by atoms with Crippen molar-refractivity contribution in [1.82, 2.24) is 4.98 Å². The minimum Gasteiger partial charge on any atom is -0.362 e. The minimum atomic E-state index is 0.566. The monoisotopic (exact) mass is 264 g/mol. The highest BCUT2D eigenvalue weighted by Crippen LogP contribution is 2.30. The average molecular weight is 264 g/mol. The number of H-pyrrole nitrogens is 1. The maximum atomic E-state index is 8.54. The van der Waals surface area contributed by atoms with Crippen LogP contribution in [0.2, 0.25) is 0 Å². The first-order valence-corrected chi connectivity index (χ1v) is 7.38. The van der Waals surface area contributed by atoms with Crippen molar-refractivity contribution in [2.75, 3.05) is 5.75 Å². The first-order valence-electron chi connectivity index (χ1n) is 5.98. The van der Waals surface area contributed by atoms with Crippen LogP contribution in [0.3, 0.4) is 0 Å². The van der Waals surface area contributed by atoms with Gasteiger partial charge in [0.05, 0.1) is 10.3 Å². The van der Waals surface area contributed by atoms with Crippen LogP contribution in [0, 0.1) is 18.3 Å². The lowest BCUT2D eigenvalue weighted by atomic mass is 9.95. The van der Waals surface area contributed by atoms with Gasteiger partial charge >= 0.3 is 0 Å². The first kappa shape index (κ1) is 12.7. The van der Waals surface area contributed by atoms with Gasteiger partial charge in [0.1, 0.15) is 0 Å². The zero-order valence-electron chi connectivity index (χ0n) is 10.0. The number of thiocarbonyl (C=S) groups is 1. The van der Waals surface area contributed by atoms with Crippen LogP contribution in [-0.2, 0) is 12.8 Å². The molecule has 0 fully saturated rings. The van der Waals surface area contributed by atoms with Crippen LogP contribution < -0.4 is 0 Å². The standard InChI is InChI=1S/C13H16N2S2/c1-9-12(13(16)17-8-4-7-14)10-5-2-3-6-11(10)15-9/h15H,2-6,8H2,1H3. The van der Waals surface area contributed by atoms with E-state index in [1.807, 2.05) is 0 Å². The number of fused-ring (bicyclic) bond motifs is 1. The number of rotatable bonds is 3. The Morgan fingerprint density at radius 1 is 1.47 bits per heavy atom. The van der Waals surface area contributed by atoms with Gasteiger partial charge in [0.2, 0.25) is 0 Å². The fourth-order valence-corrected chi connectivity index (χ4v) is 3.70. The van der Waals surface area contributed by atoms with Crippen molar-refractivity contribution >= 4 is 28.2 Å². The number of nitrogens with one attached hydrogen (secondary N) is 1. The second-order valence-electron chi connectivity index (χ2n) is 4.33. The number of hydrogen-bond donors (Lipinski definition) is 1. The molecule has 90 valence electrons. The zero-order valence-corrected chi connectivity index (χ0v) is 11.6. The Morgan fingerprint density at radius 3 is 3.00 bits per heavy atom. The molecule has 1 N–H and O–H groups in total. The molecule has 1 aliphatic carbocycles. The molecule has 0 radical (unpaired) electrons. The molecular weight excluding hydrogens is 248 g/mol. The van der Waals surface area contributed by atoms with Gasteiger partial charge < -0.3 is 4.98 Å². The lowest BCUT2D eigenvalue weighted by Gasteiger charge is -2.13. The van der Waals surface area contributed by atoms with Crippen LogP contribution in [0.25, 0.3) is 0 Å².